The van der Waals surface area contributed by atoms with Crippen LogP contribution in [0.4, 0.5) is 4.79 Å². The number of carbonyl (C=O) groups excluding carboxylic acids is 3. The lowest BCUT2D eigenvalue weighted by atomic mass is 9.76. The SMILES string of the molecule is O=C(CN1C(=O)NC2(CCCc3ccccc32)C1=O)NC1CCOc2ccccc21. The molecule has 1 saturated heterocycles. The number of para-hydroxylation sites is 1. The van der Waals surface area contributed by atoms with Crippen molar-refractivity contribution in [3.8, 4) is 5.75 Å². The first-order chi connectivity index (χ1) is 14.6. The van der Waals surface area contributed by atoms with Crippen LogP contribution in [0.25, 0.3) is 0 Å². The average Bonchev–Trinajstić information content (AvgIpc) is 2.99. The van der Waals surface area contributed by atoms with Crippen molar-refractivity contribution in [2.75, 3.05) is 13.2 Å². The zero-order valence-corrected chi connectivity index (χ0v) is 16.5. The van der Waals surface area contributed by atoms with Crippen LogP contribution in [0.15, 0.2) is 48.5 Å². The quantitative estimate of drug-likeness (QED) is 0.768. The highest BCUT2D eigenvalue weighted by molar-refractivity contribution is 6.09. The van der Waals surface area contributed by atoms with Gasteiger partial charge in [-0.3, -0.25) is 14.5 Å². The summed E-state index contributed by atoms with van der Waals surface area (Å²) in [4.78, 5) is 39.8. The fourth-order valence-electron chi connectivity index (χ4n) is 4.83. The van der Waals surface area contributed by atoms with E-state index in [0.29, 0.717) is 19.4 Å². The molecule has 154 valence electrons. The number of imide groups is 1. The number of nitrogens with zero attached hydrogens (tertiary/aromatic N) is 1. The molecule has 2 atom stereocenters. The van der Waals surface area contributed by atoms with Gasteiger partial charge in [0.1, 0.15) is 17.8 Å². The van der Waals surface area contributed by atoms with E-state index in [0.717, 1.165) is 40.2 Å². The molecule has 0 bridgehead atoms. The Morgan fingerprint density at radius 3 is 2.87 bits per heavy atom. The number of carbonyl (C=O) groups is 3. The van der Waals surface area contributed by atoms with Gasteiger partial charge in [-0.25, -0.2) is 4.79 Å². The molecule has 30 heavy (non-hydrogen) atoms. The Morgan fingerprint density at radius 1 is 1.17 bits per heavy atom. The van der Waals surface area contributed by atoms with E-state index < -0.39 is 11.6 Å². The van der Waals surface area contributed by atoms with E-state index in [2.05, 4.69) is 10.6 Å². The third-order valence-corrected chi connectivity index (χ3v) is 6.25. The van der Waals surface area contributed by atoms with Crippen LogP contribution in [0.1, 0.15) is 42.0 Å². The molecule has 7 heteroatoms. The number of fused-ring (bicyclic) bond motifs is 3. The molecule has 2 unspecified atom stereocenters. The zero-order valence-electron chi connectivity index (χ0n) is 16.5. The monoisotopic (exact) mass is 405 g/mol. The Bertz CT molecular complexity index is 1040. The standard InChI is InChI=1S/C23H23N3O4/c27-20(24-18-11-13-30-19-10-4-2-8-16(18)19)14-26-21(28)23(25-22(26)29)12-5-7-15-6-1-3-9-17(15)23/h1-4,6,8-10,18H,5,7,11-14H2,(H,24,27)(H,25,29). The number of urea groups is 1. The van der Waals surface area contributed by atoms with Gasteiger partial charge < -0.3 is 15.4 Å². The molecule has 2 aromatic rings. The second-order valence-electron chi connectivity index (χ2n) is 8.03. The van der Waals surface area contributed by atoms with Crippen molar-refractivity contribution in [2.45, 2.75) is 37.3 Å². The predicted molar refractivity (Wildman–Crippen MR) is 109 cm³/mol. The van der Waals surface area contributed by atoms with Gasteiger partial charge in [0.2, 0.25) is 5.91 Å². The minimum Gasteiger partial charge on any atom is -0.493 e. The highest BCUT2D eigenvalue weighted by atomic mass is 16.5. The summed E-state index contributed by atoms with van der Waals surface area (Å²) in [6.45, 7) is 0.207. The summed E-state index contributed by atoms with van der Waals surface area (Å²) in [7, 11) is 0. The summed E-state index contributed by atoms with van der Waals surface area (Å²) < 4.78 is 5.63. The van der Waals surface area contributed by atoms with Crippen molar-refractivity contribution in [3.63, 3.8) is 0 Å². The molecule has 5 rings (SSSR count). The molecule has 2 aliphatic heterocycles. The molecule has 1 spiro atoms. The maximum atomic E-state index is 13.3. The van der Waals surface area contributed by atoms with E-state index in [4.69, 9.17) is 4.74 Å². The van der Waals surface area contributed by atoms with Crippen molar-refractivity contribution in [1.29, 1.82) is 0 Å². The number of ether oxygens (including phenoxy) is 1. The molecule has 1 fully saturated rings. The summed E-state index contributed by atoms with van der Waals surface area (Å²) in [5, 5.41) is 5.85. The third kappa shape index (κ3) is 2.93. The molecule has 0 aromatic heterocycles. The van der Waals surface area contributed by atoms with Gasteiger partial charge >= 0.3 is 6.03 Å². The van der Waals surface area contributed by atoms with Crippen LogP contribution in [-0.4, -0.2) is 35.9 Å². The molecule has 0 radical (unpaired) electrons. The second kappa shape index (κ2) is 7.16. The first-order valence-electron chi connectivity index (χ1n) is 10.3. The van der Waals surface area contributed by atoms with E-state index >= 15 is 0 Å². The molecule has 7 nitrogen and oxygen atoms in total. The largest absolute Gasteiger partial charge is 0.493 e. The van der Waals surface area contributed by atoms with Gasteiger partial charge in [-0.15, -0.1) is 0 Å². The summed E-state index contributed by atoms with van der Waals surface area (Å²) in [5.41, 5.74) is 1.77. The number of hydrogen-bond acceptors (Lipinski definition) is 4. The summed E-state index contributed by atoms with van der Waals surface area (Å²) in [6.07, 6.45) is 2.87. The summed E-state index contributed by atoms with van der Waals surface area (Å²) in [6, 6.07) is 14.6. The minimum absolute atomic E-state index is 0.201. The predicted octanol–water partition coefficient (Wildman–Crippen LogP) is 2.41. The molecule has 2 heterocycles. The zero-order chi connectivity index (χ0) is 20.7. The molecule has 0 saturated carbocycles. The topological polar surface area (TPSA) is 87.7 Å². The lowest BCUT2D eigenvalue weighted by molar-refractivity contribution is -0.136. The van der Waals surface area contributed by atoms with Gasteiger partial charge in [0, 0.05) is 12.0 Å². The fraction of sp³-hybridized carbons (Fsp3) is 0.348. The molecule has 4 amide bonds. The Balaban J connectivity index is 1.34. The van der Waals surface area contributed by atoms with E-state index in [1.54, 1.807) is 0 Å². The Hall–Kier alpha value is -3.35. The lowest BCUT2D eigenvalue weighted by Crippen LogP contribution is -2.47. The van der Waals surface area contributed by atoms with Gasteiger partial charge in [-0.05, 0) is 36.5 Å². The van der Waals surface area contributed by atoms with Crippen LogP contribution in [-0.2, 0) is 21.5 Å². The Kier molecular flexibility index (Phi) is 4.46. The van der Waals surface area contributed by atoms with E-state index in [1.165, 1.54) is 0 Å². The highest BCUT2D eigenvalue weighted by Gasteiger charge is 2.54. The number of rotatable bonds is 3. The van der Waals surface area contributed by atoms with Crippen molar-refractivity contribution >= 4 is 17.8 Å². The second-order valence-corrected chi connectivity index (χ2v) is 8.03. The minimum atomic E-state index is -1.06. The number of amides is 4. The van der Waals surface area contributed by atoms with Crippen molar-refractivity contribution in [1.82, 2.24) is 15.5 Å². The first-order valence-corrected chi connectivity index (χ1v) is 10.3. The van der Waals surface area contributed by atoms with Crippen molar-refractivity contribution < 1.29 is 19.1 Å². The van der Waals surface area contributed by atoms with Crippen LogP contribution in [0.2, 0.25) is 0 Å². The number of nitrogens with one attached hydrogen (secondary N) is 2. The van der Waals surface area contributed by atoms with Crippen LogP contribution >= 0.6 is 0 Å². The molecule has 1 aliphatic carbocycles. The Labute approximate surface area is 174 Å². The van der Waals surface area contributed by atoms with Crippen molar-refractivity contribution in [2.24, 2.45) is 0 Å². The number of benzene rings is 2. The Morgan fingerprint density at radius 2 is 1.97 bits per heavy atom. The molecular weight excluding hydrogens is 382 g/mol. The molecule has 3 aliphatic rings. The average molecular weight is 405 g/mol. The van der Waals surface area contributed by atoms with E-state index in [1.807, 2.05) is 48.5 Å². The van der Waals surface area contributed by atoms with Gasteiger partial charge in [0.15, 0.2) is 0 Å². The van der Waals surface area contributed by atoms with E-state index in [9.17, 15) is 14.4 Å². The highest BCUT2D eigenvalue weighted by Crippen LogP contribution is 2.40. The number of hydrogen-bond donors (Lipinski definition) is 2. The van der Waals surface area contributed by atoms with Gasteiger partial charge in [0.25, 0.3) is 5.91 Å². The van der Waals surface area contributed by atoms with Gasteiger partial charge in [0.05, 0.1) is 12.6 Å². The molecule has 2 N–H and O–H groups in total. The summed E-state index contributed by atoms with van der Waals surface area (Å²) in [5.74, 6) is 0.0466. The lowest BCUT2D eigenvalue weighted by Gasteiger charge is -2.33. The summed E-state index contributed by atoms with van der Waals surface area (Å²) >= 11 is 0. The number of aryl methyl sites for hydroxylation is 1. The van der Waals surface area contributed by atoms with E-state index in [-0.39, 0.29) is 24.4 Å². The van der Waals surface area contributed by atoms with Crippen LogP contribution in [0.3, 0.4) is 0 Å². The molecular formula is C23H23N3O4. The van der Waals surface area contributed by atoms with Crippen LogP contribution < -0.4 is 15.4 Å². The smallest absolute Gasteiger partial charge is 0.325 e. The maximum absolute atomic E-state index is 13.3. The first kappa shape index (κ1) is 18.7. The van der Waals surface area contributed by atoms with Crippen LogP contribution in [0, 0.1) is 0 Å². The normalized spacial score (nSPS) is 24.7. The third-order valence-electron chi connectivity index (χ3n) is 6.25. The molecule has 2 aromatic carbocycles. The van der Waals surface area contributed by atoms with Gasteiger partial charge in [-0.1, -0.05) is 42.5 Å². The fourth-order valence-corrected chi connectivity index (χ4v) is 4.83. The van der Waals surface area contributed by atoms with Crippen molar-refractivity contribution in [3.05, 3.63) is 65.2 Å². The van der Waals surface area contributed by atoms with Gasteiger partial charge in [-0.2, -0.15) is 0 Å². The van der Waals surface area contributed by atoms with Crippen LogP contribution in [0.5, 0.6) is 5.75 Å². The maximum Gasteiger partial charge on any atom is 0.325 e.